The van der Waals surface area contributed by atoms with E-state index in [1.165, 1.54) is 38.5 Å². The molecule has 0 saturated heterocycles. The second-order valence-corrected chi connectivity index (χ2v) is 6.73. The van der Waals surface area contributed by atoms with Crippen LogP contribution in [-0.2, 0) is 7.05 Å². The summed E-state index contributed by atoms with van der Waals surface area (Å²) < 4.78 is 1.88. The molecular weight excluding hydrogens is 292 g/mol. The van der Waals surface area contributed by atoms with Gasteiger partial charge in [0, 0.05) is 12.6 Å². The average Bonchev–Trinajstić information content (AvgIpc) is 2.75. The molecule has 4 nitrogen and oxygen atoms in total. The third-order valence-corrected chi connectivity index (χ3v) is 5.15. The normalized spacial score (nSPS) is 17.2. The molecule has 0 unspecified atom stereocenters. The summed E-state index contributed by atoms with van der Waals surface area (Å²) in [4.78, 5) is 5.92. The van der Waals surface area contributed by atoms with Gasteiger partial charge in [-0.05, 0) is 25.0 Å². The van der Waals surface area contributed by atoms with Gasteiger partial charge >= 0.3 is 0 Å². The summed E-state index contributed by atoms with van der Waals surface area (Å²) in [5.74, 6) is 0. The number of rotatable bonds is 2. The molecule has 0 N–H and O–H groups in total. The van der Waals surface area contributed by atoms with Crippen molar-refractivity contribution in [3.8, 4) is 16.6 Å². The summed E-state index contributed by atoms with van der Waals surface area (Å²) in [6, 6.07) is 10.2. The summed E-state index contributed by atoms with van der Waals surface area (Å²) in [5.41, 5.74) is 1.72. The number of hydrogen-bond acceptors (Lipinski definition) is 4. The van der Waals surface area contributed by atoms with Gasteiger partial charge in [0.2, 0.25) is 4.80 Å². The lowest BCUT2D eigenvalue weighted by atomic mass is 10.1. The molecule has 114 valence electrons. The second-order valence-electron chi connectivity index (χ2n) is 5.78. The highest BCUT2D eigenvalue weighted by Crippen LogP contribution is 2.21. The van der Waals surface area contributed by atoms with Gasteiger partial charge in [-0.1, -0.05) is 49.2 Å². The Bertz CT molecular complexity index is 725. The molecule has 0 atom stereocenters. The lowest BCUT2D eigenvalue weighted by Gasteiger charge is -2.06. The van der Waals surface area contributed by atoms with Crippen molar-refractivity contribution in [3.05, 3.63) is 34.6 Å². The zero-order valence-corrected chi connectivity index (χ0v) is 13.6. The summed E-state index contributed by atoms with van der Waals surface area (Å²) >= 11 is 1.63. The molecule has 0 bridgehead atoms. The van der Waals surface area contributed by atoms with Crippen molar-refractivity contribution in [2.45, 2.75) is 44.6 Å². The first kappa shape index (κ1) is 15.0. The van der Waals surface area contributed by atoms with Gasteiger partial charge in [0.05, 0.1) is 17.7 Å². The van der Waals surface area contributed by atoms with Crippen LogP contribution in [0.3, 0.4) is 0 Å². The molecular formula is C17H20N4S. The summed E-state index contributed by atoms with van der Waals surface area (Å²) in [6.07, 6.45) is 7.67. The van der Waals surface area contributed by atoms with Crippen molar-refractivity contribution in [2.75, 3.05) is 0 Å². The van der Waals surface area contributed by atoms with Crippen LogP contribution in [0.4, 0.5) is 0 Å². The Morgan fingerprint density at radius 2 is 1.86 bits per heavy atom. The molecule has 1 aromatic heterocycles. The van der Waals surface area contributed by atoms with Crippen LogP contribution in [0, 0.1) is 11.3 Å². The van der Waals surface area contributed by atoms with E-state index in [0.29, 0.717) is 11.6 Å². The van der Waals surface area contributed by atoms with Crippen LogP contribution >= 0.6 is 11.3 Å². The number of aryl methyl sites for hydroxylation is 1. The molecule has 2 aromatic rings. The summed E-state index contributed by atoms with van der Waals surface area (Å²) in [6.45, 7) is 0. The quantitative estimate of drug-likeness (QED) is 0.795. The Kier molecular flexibility index (Phi) is 4.69. The lowest BCUT2D eigenvalue weighted by Crippen LogP contribution is -2.16. The van der Waals surface area contributed by atoms with Crippen molar-refractivity contribution in [2.24, 2.45) is 12.0 Å². The van der Waals surface area contributed by atoms with Crippen LogP contribution in [0.15, 0.2) is 29.3 Å². The molecule has 0 amide bonds. The minimum Gasteiger partial charge on any atom is -0.254 e. The van der Waals surface area contributed by atoms with E-state index in [0.717, 1.165) is 15.4 Å². The van der Waals surface area contributed by atoms with Gasteiger partial charge in [0.25, 0.3) is 0 Å². The van der Waals surface area contributed by atoms with Crippen molar-refractivity contribution in [1.82, 2.24) is 9.78 Å². The smallest absolute Gasteiger partial charge is 0.203 e. The fourth-order valence-corrected chi connectivity index (χ4v) is 3.77. The van der Waals surface area contributed by atoms with Gasteiger partial charge < -0.3 is 0 Å². The molecule has 0 radical (unpaired) electrons. The minimum absolute atomic E-state index is 0.447. The number of nitriles is 1. The standard InChI is InChI=1S/C17H20N4S/c1-21-17(19-15-6-4-2-3-5-7-15)22-16(20-21)14-10-8-13(12-18)9-11-14/h8-11,15H,2-7H2,1H3. The highest BCUT2D eigenvalue weighted by Gasteiger charge is 2.12. The molecule has 1 heterocycles. The molecule has 1 fully saturated rings. The molecule has 0 aliphatic heterocycles. The Balaban J connectivity index is 1.87. The maximum absolute atomic E-state index is 8.87. The van der Waals surface area contributed by atoms with E-state index in [-0.39, 0.29) is 0 Å². The van der Waals surface area contributed by atoms with Crippen LogP contribution < -0.4 is 4.80 Å². The number of nitrogens with zero attached hydrogens (tertiary/aromatic N) is 4. The molecule has 3 rings (SSSR count). The van der Waals surface area contributed by atoms with E-state index < -0.39 is 0 Å². The van der Waals surface area contributed by atoms with Crippen LogP contribution in [0.1, 0.15) is 44.1 Å². The molecule has 22 heavy (non-hydrogen) atoms. The molecule has 1 aliphatic rings. The van der Waals surface area contributed by atoms with Gasteiger partial charge in [0.1, 0.15) is 5.01 Å². The average molecular weight is 312 g/mol. The number of hydrogen-bond donors (Lipinski definition) is 0. The van der Waals surface area contributed by atoms with E-state index in [1.807, 2.05) is 36.0 Å². The third-order valence-electron chi connectivity index (χ3n) is 4.08. The zero-order valence-electron chi connectivity index (χ0n) is 12.8. The Morgan fingerprint density at radius 3 is 2.50 bits per heavy atom. The predicted octanol–water partition coefficient (Wildman–Crippen LogP) is 3.64. The van der Waals surface area contributed by atoms with Gasteiger partial charge in [-0.2, -0.15) is 10.4 Å². The predicted molar refractivity (Wildman–Crippen MR) is 88.3 cm³/mol. The molecule has 5 heteroatoms. The van der Waals surface area contributed by atoms with Gasteiger partial charge in [-0.3, -0.25) is 4.99 Å². The first-order valence-corrected chi connectivity index (χ1v) is 8.66. The largest absolute Gasteiger partial charge is 0.254 e. The van der Waals surface area contributed by atoms with E-state index in [2.05, 4.69) is 11.2 Å². The maximum Gasteiger partial charge on any atom is 0.203 e. The van der Waals surface area contributed by atoms with E-state index in [9.17, 15) is 0 Å². The van der Waals surface area contributed by atoms with Gasteiger partial charge in [-0.25, -0.2) is 4.68 Å². The SMILES string of the molecule is Cn1nc(-c2ccc(C#N)cc2)sc1=NC1CCCCCC1. The van der Waals surface area contributed by atoms with E-state index in [1.54, 1.807) is 11.3 Å². The summed E-state index contributed by atoms with van der Waals surface area (Å²) in [5, 5.41) is 14.4. The van der Waals surface area contributed by atoms with Crippen LogP contribution in [-0.4, -0.2) is 15.8 Å². The van der Waals surface area contributed by atoms with E-state index >= 15 is 0 Å². The first-order chi connectivity index (χ1) is 10.8. The molecule has 1 aliphatic carbocycles. The topological polar surface area (TPSA) is 54.0 Å². The van der Waals surface area contributed by atoms with Crippen LogP contribution in [0.25, 0.3) is 10.6 Å². The molecule has 0 spiro atoms. The van der Waals surface area contributed by atoms with Crippen molar-refractivity contribution in [3.63, 3.8) is 0 Å². The summed E-state index contributed by atoms with van der Waals surface area (Å²) in [7, 11) is 1.96. The monoisotopic (exact) mass is 312 g/mol. The highest BCUT2D eigenvalue weighted by molar-refractivity contribution is 7.12. The van der Waals surface area contributed by atoms with Gasteiger partial charge in [0.15, 0.2) is 0 Å². The minimum atomic E-state index is 0.447. The molecule has 1 saturated carbocycles. The Labute approximate surface area is 134 Å². The Hall–Kier alpha value is -1.93. The lowest BCUT2D eigenvalue weighted by molar-refractivity contribution is 0.561. The maximum atomic E-state index is 8.87. The fraction of sp³-hybridized carbons (Fsp3) is 0.471. The van der Waals surface area contributed by atoms with Crippen molar-refractivity contribution in [1.29, 1.82) is 5.26 Å². The first-order valence-electron chi connectivity index (χ1n) is 7.85. The third kappa shape index (κ3) is 3.45. The van der Waals surface area contributed by atoms with Gasteiger partial charge in [-0.15, -0.1) is 0 Å². The molecule has 1 aromatic carbocycles. The van der Waals surface area contributed by atoms with E-state index in [4.69, 9.17) is 10.3 Å². The Morgan fingerprint density at radius 1 is 1.18 bits per heavy atom. The zero-order chi connectivity index (χ0) is 15.4. The van der Waals surface area contributed by atoms with Crippen molar-refractivity contribution < 1.29 is 0 Å². The number of aromatic nitrogens is 2. The van der Waals surface area contributed by atoms with Crippen LogP contribution in [0.5, 0.6) is 0 Å². The fourth-order valence-electron chi connectivity index (χ4n) is 2.81. The number of benzene rings is 1. The second kappa shape index (κ2) is 6.89. The highest BCUT2D eigenvalue weighted by atomic mass is 32.1. The van der Waals surface area contributed by atoms with Crippen molar-refractivity contribution >= 4 is 11.3 Å². The van der Waals surface area contributed by atoms with Crippen LogP contribution in [0.2, 0.25) is 0 Å².